The number of rotatable bonds is 9. The van der Waals surface area contributed by atoms with Gasteiger partial charge in [0, 0.05) is 38.1 Å². The molecule has 0 unspecified atom stereocenters. The Hall–Kier alpha value is -1.20. The number of anilines is 1. The highest BCUT2D eigenvalue weighted by Gasteiger charge is 1.98. The van der Waals surface area contributed by atoms with Crippen LogP contribution in [-0.2, 0) is 0 Å². The molecule has 0 aliphatic heterocycles. The molecule has 1 aromatic heterocycles. The van der Waals surface area contributed by atoms with Crippen molar-refractivity contribution in [2.45, 2.75) is 20.8 Å². The quantitative estimate of drug-likeness (QED) is 0.644. The molecule has 1 rings (SSSR count). The van der Waals surface area contributed by atoms with Crippen LogP contribution in [0.5, 0.6) is 0 Å². The van der Waals surface area contributed by atoms with Crippen LogP contribution in [0.2, 0.25) is 0 Å². The van der Waals surface area contributed by atoms with Gasteiger partial charge in [0.25, 0.3) is 0 Å². The van der Waals surface area contributed by atoms with Gasteiger partial charge in [-0.1, -0.05) is 13.8 Å². The molecular weight excluding hydrogens is 226 g/mol. The topological polar surface area (TPSA) is 53.1 Å². The summed E-state index contributed by atoms with van der Waals surface area (Å²) in [5.41, 5.74) is 0.988. The average molecular weight is 251 g/mol. The zero-order valence-electron chi connectivity index (χ0n) is 11.7. The lowest BCUT2D eigenvalue weighted by molar-refractivity contribution is 0.303. The van der Waals surface area contributed by atoms with Gasteiger partial charge in [-0.3, -0.25) is 0 Å². The van der Waals surface area contributed by atoms with Gasteiger partial charge in [0.1, 0.15) is 0 Å². The molecule has 0 spiro atoms. The smallest absolute Gasteiger partial charge is 0.222 e. The van der Waals surface area contributed by atoms with Crippen molar-refractivity contribution in [3.63, 3.8) is 0 Å². The number of hydrogen-bond acceptors (Lipinski definition) is 5. The summed E-state index contributed by atoms with van der Waals surface area (Å²) < 4.78 is 0. The highest BCUT2D eigenvalue weighted by Crippen LogP contribution is 1.97. The summed E-state index contributed by atoms with van der Waals surface area (Å²) in [4.78, 5) is 10.8. The summed E-state index contributed by atoms with van der Waals surface area (Å²) in [5, 5.41) is 6.61. The van der Waals surface area contributed by atoms with Crippen LogP contribution in [0.1, 0.15) is 19.5 Å². The van der Waals surface area contributed by atoms with Gasteiger partial charge in [0.05, 0.1) is 0 Å². The van der Waals surface area contributed by atoms with Crippen molar-refractivity contribution in [3.05, 3.63) is 18.0 Å². The van der Waals surface area contributed by atoms with E-state index in [9.17, 15) is 0 Å². The van der Waals surface area contributed by atoms with E-state index in [1.54, 1.807) is 6.20 Å². The average Bonchev–Trinajstić information content (AvgIpc) is 2.38. The molecular formula is C13H25N5. The molecule has 0 amide bonds. The number of aryl methyl sites for hydroxylation is 1. The van der Waals surface area contributed by atoms with E-state index in [4.69, 9.17) is 0 Å². The van der Waals surface area contributed by atoms with Crippen molar-refractivity contribution in [1.82, 2.24) is 20.2 Å². The largest absolute Gasteiger partial charge is 0.353 e. The number of likely N-dealkylation sites (N-methyl/N-ethyl adjacent to an activating group) is 1. The molecule has 0 fully saturated rings. The maximum absolute atomic E-state index is 4.29. The van der Waals surface area contributed by atoms with Gasteiger partial charge in [-0.25, -0.2) is 9.97 Å². The molecule has 0 radical (unpaired) electrons. The zero-order chi connectivity index (χ0) is 13.2. The van der Waals surface area contributed by atoms with Crippen molar-refractivity contribution in [3.8, 4) is 0 Å². The van der Waals surface area contributed by atoms with Crippen LogP contribution >= 0.6 is 0 Å². The van der Waals surface area contributed by atoms with Crippen LogP contribution in [0, 0.1) is 6.92 Å². The maximum atomic E-state index is 4.29. The number of hydrogen-bond donors (Lipinski definition) is 2. The molecule has 18 heavy (non-hydrogen) atoms. The Balaban J connectivity index is 2.05. The van der Waals surface area contributed by atoms with E-state index in [0.29, 0.717) is 5.95 Å². The minimum atomic E-state index is 0.709. The molecule has 0 aliphatic rings. The van der Waals surface area contributed by atoms with Crippen LogP contribution in [-0.4, -0.2) is 54.1 Å². The second-order valence-electron chi connectivity index (χ2n) is 4.23. The Labute approximate surface area is 110 Å². The molecule has 2 N–H and O–H groups in total. The number of nitrogens with zero attached hydrogens (tertiary/aromatic N) is 3. The van der Waals surface area contributed by atoms with E-state index < -0.39 is 0 Å². The third-order valence-corrected chi connectivity index (χ3v) is 2.88. The summed E-state index contributed by atoms with van der Waals surface area (Å²) in [7, 11) is 0. The van der Waals surface area contributed by atoms with Gasteiger partial charge < -0.3 is 15.5 Å². The fourth-order valence-electron chi connectivity index (χ4n) is 1.70. The molecule has 0 aliphatic carbocycles. The third-order valence-electron chi connectivity index (χ3n) is 2.88. The maximum Gasteiger partial charge on any atom is 0.222 e. The first-order valence-electron chi connectivity index (χ1n) is 6.72. The van der Waals surface area contributed by atoms with E-state index in [0.717, 1.165) is 45.0 Å². The molecule has 5 nitrogen and oxygen atoms in total. The predicted molar refractivity (Wildman–Crippen MR) is 75.9 cm³/mol. The van der Waals surface area contributed by atoms with Crippen LogP contribution in [0.4, 0.5) is 5.95 Å². The highest BCUT2D eigenvalue weighted by atomic mass is 15.1. The predicted octanol–water partition coefficient (Wildman–Crippen LogP) is 1.13. The SMILES string of the molecule is CCN(CC)CCNCCNc1nccc(C)n1. The number of aromatic nitrogens is 2. The Morgan fingerprint density at radius 1 is 1.17 bits per heavy atom. The van der Waals surface area contributed by atoms with Gasteiger partial charge in [0.2, 0.25) is 5.95 Å². The molecule has 0 saturated carbocycles. The molecule has 0 aromatic carbocycles. The van der Waals surface area contributed by atoms with Crippen molar-refractivity contribution in [2.75, 3.05) is 44.6 Å². The molecule has 1 heterocycles. The first-order chi connectivity index (χ1) is 8.76. The first kappa shape index (κ1) is 14.9. The standard InChI is InChI=1S/C13H25N5/c1-4-18(5-2)11-10-14-8-9-16-13-15-7-6-12(3)17-13/h6-7,14H,4-5,8-11H2,1-3H3,(H,15,16,17). The Morgan fingerprint density at radius 2 is 1.94 bits per heavy atom. The van der Waals surface area contributed by atoms with E-state index >= 15 is 0 Å². The molecule has 102 valence electrons. The Morgan fingerprint density at radius 3 is 2.61 bits per heavy atom. The van der Waals surface area contributed by atoms with Crippen LogP contribution < -0.4 is 10.6 Å². The molecule has 5 heteroatoms. The van der Waals surface area contributed by atoms with Crippen molar-refractivity contribution in [2.24, 2.45) is 0 Å². The Kier molecular flexibility index (Phi) is 7.29. The fourth-order valence-corrected chi connectivity index (χ4v) is 1.70. The van der Waals surface area contributed by atoms with E-state index in [-0.39, 0.29) is 0 Å². The summed E-state index contributed by atoms with van der Waals surface area (Å²) in [6.07, 6.45) is 1.78. The summed E-state index contributed by atoms with van der Waals surface area (Å²) >= 11 is 0. The van der Waals surface area contributed by atoms with Gasteiger partial charge in [0.15, 0.2) is 0 Å². The fraction of sp³-hybridized carbons (Fsp3) is 0.692. The second-order valence-corrected chi connectivity index (χ2v) is 4.23. The summed E-state index contributed by atoms with van der Waals surface area (Å²) in [6, 6.07) is 1.90. The third kappa shape index (κ3) is 5.93. The molecule has 0 saturated heterocycles. The van der Waals surface area contributed by atoms with Gasteiger partial charge in [-0.15, -0.1) is 0 Å². The minimum absolute atomic E-state index is 0.709. The zero-order valence-corrected chi connectivity index (χ0v) is 11.7. The first-order valence-corrected chi connectivity index (χ1v) is 6.72. The number of nitrogens with one attached hydrogen (secondary N) is 2. The lowest BCUT2D eigenvalue weighted by Crippen LogP contribution is -2.33. The lowest BCUT2D eigenvalue weighted by atomic mass is 10.4. The molecule has 1 aromatic rings. The van der Waals surface area contributed by atoms with Gasteiger partial charge >= 0.3 is 0 Å². The highest BCUT2D eigenvalue weighted by molar-refractivity contribution is 5.24. The van der Waals surface area contributed by atoms with Crippen molar-refractivity contribution >= 4 is 5.95 Å². The van der Waals surface area contributed by atoms with E-state index in [1.165, 1.54) is 0 Å². The lowest BCUT2D eigenvalue weighted by Gasteiger charge is -2.18. The summed E-state index contributed by atoms with van der Waals surface area (Å²) in [5.74, 6) is 0.709. The minimum Gasteiger partial charge on any atom is -0.353 e. The van der Waals surface area contributed by atoms with Crippen molar-refractivity contribution in [1.29, 1.82) is 0 Å². The molecule has 0 atom stereocenters. The molecule has 0 bridgehead atoms. The Bertz CT molecular complexity index is 325. The van der Waals surface area contributed by atoms with E-state index in [2.05, 4.69) is 39.3 Å². The second kappa shape index (κ2) is 8.83. The van der Waals surface area contributed by atoms with Gasteiger partial charge in [-0.05, 0) is 26.1 Å². The normalized spacial score (nSPS) is 10.9. The van der Waals surface area contributed by atoms with Crippen LogP contribution in [0.3, 0.4) is 0 Å². The van der Waals surface area contributed by atoms with Crippen molar-refractivity contribution < 1.29 is 0 Å². The van der Waals surface area contributed by atoms with Crippen LogP contribution in [0.15, 0.2) is 12.3 Å². The van der Waals surface area contributed by atoms with Gasteiger partial charge in [-0.2, -0.15) is 0 Å². The monoisotopic (exact) mass is 251 g/mol. The summed E-state index contributed by atoms with van der Waals surface area (Å²) in [6.45, 7) is 12.5. The van der Waals surface area contributed by atoms with Crippen LogP contribution in [0.25, 0.3) is 0 Å². The van der Waals surface area contributed by atoms with E-state index in [1.807, 2.05) is 13.0 Å².